The third-order valence-electron chi connectivity index (χ3n) is 3.44. The van der Waals surface area contributed by atoms with E-state index in [-0.39, 0.29) is 6.42 Å². The molecular formula is C12H18N2O3. The molecule has 1 aliphatic rings. The number of hydrogen-bond acceptors (Lipinski definition) is 4. The van der Waals surface area contributed by atoms with Crippen LogP contribution >= 0.6 is 0 Å². The summed E-state index contributed by atoms with van der Waals surface area (Å²) in [6.45, 7) is 2.21. The molecular weight excluding hydrogens is 220 g/mol. The van der Waals surface area contributed by atoms with Gasteiger partial charge in [-0.25, -0.2) is 0 Å². The third kappa shape index (κ3) is 3.05. The largest absolute Gasteiger partial charge is 0.481 e. The van der Waals surface area contributed by atoms with Crippen molar-refractivity contribution in [2.75, 3.05) is 0 Å². The van der Waals surface area contributed by atoms with Crippen LogP contribution in [-0.4, -0.2) is 21.3 Å². The maximum absolute atomic E-state index is 10.4. The Morgan fingerprint density at radius 1 is 1.47 bits per heavy atom. The normalized spacial score (nSPS) is 24.1. The second kappa shape index (κ2) is 5.29. The highest BCUT2D eigenvalue weighted by molar-refractivity contribution is 5.66. The Morgan fingerprint density at radius 2 is 2.29 bits per heavy atom. The van der Waals surface area contributed by atoms with Crippen LogP contribution in [0.4, 0.5) is 0 Å². The molecule has 0 saturated heterocycles. The zero-order valence-corrected chi connectivity index (χ0v) is 10.1. The molecule has 1 fully saturated rings. The highest BCUT2D eigenvalue weighted by Gasteiger charge is 2.29. The first-order valence-corrected chi connectivity index (χ1v) is 6.21. The van der Waals surface area contributed by atoms with Crippen molar-refractivity contribution in [3.63, 3.8) is 0 Å². The van der Waals surface area contributed by atoms with E-state index in [1.165, 1.54) is 12.8 Å². The van der Waals surface area contributed by atoms with Gasteiger partial charge in [0.05, 0.1) is 0 Å². The van der Waals surface area contributed by atoms with E-state index in [1.54, 1.807) is 0 Å². The molecule has 0 amide bonds. The van der Waals surface area contributed by atoms with Gasteiger partial charge in [-0.2, -0.15) is 0 Å². The number of aromatic nitrogens is 2. The molecule has 5 nitrogen and oxygen atoms in total. The van der Waals surface area contributed by atoms with Gasteiger partial charge in [0.2, 0.25) is 11.8 Å². The van der Waals surface area contributed by atoms with Crippen LogP contribution in [0.25, 0.3) is 0 Å². The van der Waals surface area contributed by atoms with Gasteiger partial charge in [0, 0.05) is 18.8 Å². The molecule has 0 aliphatic heterocycles. The first-order valence-electron chi connectivity index (χ1n) is 6.21. The molecule has 2 unspecified atom stereocenters. The zero-order valence-electron chi connectivity index (χ0n) is 10.1. The summed E-state index contributed by atoms with van der Waals surface area (Å²) < 4.78 is 5.60. The van der Waals surface area contributed by atoms with Crippen molar-refractivity contribution in [3.8, 4) is 0 Å². The average molecular weight is 238 g/mol. The van der Waals surface area contributed by atoms with Gasteiger partial charge in [0.15, 0.2) is 0 Å². The van der Waals surface area contributed by atoms with Gasteiger partial charge in [-0.1, -0.05) is 13.3 Å². The van der Waals surface area contributed by atoms with Crippen LogP contribution in [0.5, 0.6) is 0 Å². The van der Waals surface area contributed by atoms with E-state index in [9.17, 15) is 4.79 Å². The SMILES string of the molecule is CC1CCCC1c1nnc(CCCC(=O)O)o1. The van der Waals surface area contributed by atoms with Crippen molar-refractivity contribution in [2.45, 2.75) is 51.4 Å². The number of nitrogens with zero attached hydrogens (tertiary/aromatic N) is 2. The fourth-order valence-corrected chi connectivity index (χ4v) is 2.42. The summed E-state index contributed by atoms with van der Waals surface area (Å²) in [6.07, 6.45) is 4.83. The van der Waals surface area contributed by atoms with Crippen LogP contribution in [0.15, 0.2) is 4.42 Å². The Labute approximate surface area is 100 Å². The predicted molar refractivity (Wildman–Crippen MR) is 60.6 cm³/mol. The van der Waals surface area contributed by atoms with E-state index in [0.717, 1.165) is 12.3 Å². The average Bonchev–Trinajstić information content (AvgIpc) is 2.86. The molecule has 1 aromatic heterocycles. The Morgan fingerprint density at radius 3 is 2.94 bits per heavy atom. The lowest BCUT2D eigenvalue weighted by molar-refractivity contribution is -0.137. The molecule has 17 heavy (non-hydrogen) atoms. The molecule has 5 heteroatoms. The summed E-state index contributed by atoms with van der Waals surface area (Å²) in [5, 5.41) is 16.6. The maximum atomic E-state index is 10.4. The third-order valence-corrected chi connectivity index (χ3v) is 3.44. The molecule has 94 valence electrons. The van der Waals surface area contributed by atoms with Gasteiger partial charge in [-0.05, 0) is 25.2 Å². The predicted octanol–water partition coefficient (Wildman–Crippen LogP) is 2.38. The molecule has 2 atom stereocenters. The number of carboxylic acid groups (broad SMARTS) is 1. The number of aryl methyl sites for hydroxylation is 1. The minimum absolute atomic E-state index is 0.150. The van der Waals surface area contributed by atoms with Crippen molar-refractivity contribution >= 4 is 5.97 Å². The first kappa shape index (κ1) is 12.1. The second-order valence-corrected chi connectivity index (χ2v) is 4.80. The number of carboxylic acids is 1. The summed E-state index contributed by atoms with van der Waals surface area (Å²) in [7, 11) is 0. The lowest BCUT2D eigenvalue weighted by Crippen LogP contribution is -2.02. The smallest absolute Gasteiger partial charge is 0.303 e. The maximum Gasteiger partial charge on any atom is 0.303 e. The molecule has 0 radical (unpaired) electrons. The van der Waals surface area contributed by atoms with Crippen LogP contribution in [-0.2, 0) is 11.2 Å². The van der Waals surface area contributed by atoms with Crippen molar-refractivity contribution in [2.24, 2.45) is 5.92 Å². The van der Waals surface area contributed by atoms with Gasteiger partial charge in [-0.3, -0.25) is 4.79 Å². The minimum atomic E-state index is -0.783. The zero-order chi connectivity index (χ0) is 12.3. The fraction of sp³-hybridized carbons (Fsp3) is 0.750. The Balaban J connectivity index is 1.89. The Bertz CT molecular complexity index is 389. The van der Waals surface area contributed by atoms with Crippen LogP contribution in [0.2, 0.25) is 0 Å². The van der Waals surface area contributed by atoms with Gasteiger partial charge in [0.1, 0.15) is 0 Å². The molecule has 1 aromatic rings. The molecule has 2 rings (SSSR count). The topological polar surface area (TPSA) is 76.2 Å². The highest BCUT2D eigenvalue weighted by Crippen LogP contribution is 2.38. The van der Waals surface area contributed by atoms with Crippen molar-refractivity contribution in [1.29, 1.82) is 0 Å². The van der Waals surface area contributed by atoms with E-state index < -0.39 is 5.97 Å². The Kier molecular flexibility index (Phi) is 3.76. The molecule has 0 spiro atoms. The standard InChI is InChI=1S/C12H18N2O3/c1-8-4-2-5-9(8)12-14-13-10(17-12)6-3-7-11(15)16/h8-9H,2-7H2,1H3,(H,15,16). The second-order valence-electron chi connectivity index (χ2n) is 4.80. The summed E-state index contributed by atoms with van der Waals surface area (Å²) >= 11 is 0. The first-order chi connectivity index (χ1) is 8.16. The van der Waals surface area contributed by atoms with Crippen LogP contribution in [0.3, 0.4) is 0 Å². The van der Waals surface area contributed by atoms with Crippen LogP contribution in [0.1, 0.15) is 56.7 Å². The lowest BCUT2D eigenvalue weighted by atomic mass is 9.98. The van der Waals surface area contributed by atoms with Crippen molar-refractivity contribution in [3.05, 3.63) is 11.8 Å². The van der Waals surface area contributed by atoms with E-state index in [4.69, 9.17) is 9.52 Å². The fourth-order valence-electron chi connectivity index (χ4n) is 2.42. The van der Waals surface area contributed by atoms with E-state index in [2.05, 4.69) is 17.1 Å². The number of carbonyl (C=O) groups is 1. The summed E-state index contributed by atoms with van der Waals surface area (Å²) in [4.78, 5) is 10.4. The molecule has 1 N–H and O–H groups in total. The van der Waals surface area contributed by atoms with Crippen molar-refractivity contribution < 1.29 is 14.3 Å². The molecule has 0 bridgehead atoms. The monoisotopic (exact) mass is 238 g/mol. The Hall–Kier alpha value is -1.39. The van der Waals surface area contributed by atoms with Crippen LogP contribution in [0, 0.1) is 5.92 Å². The van der Waals surface area contributed by atoms with E-state index in [0.29, 0.717) is 30.6 Å². The van der Waals surface area contributed by atoms with Gasteiger partial charge in [0.25, 0.3) is 0 Å². The molecule has 1 heterocycles. The van der Waals surface area contributed by atoms with Gasteiger partial charge < -0.3 is 9.52 Å². The number of rotatable bonds is 5. The summed E-state index contributed by atoms with van der Waals surface area (Å²) in [5.74, 6) is 1.54. The molecule has 1 saturated carbocycles. The van der Waals surface area contributed by atoms with Gasteiger partial charge >= 0.3 is 5.97 Å². The minimum Gasteiger partial charge on any atom is -0.481 e. The summed E-state index contributed by atoms with van der Waals surface area (Å²) in [6, 6.07) is 0. The van der Waals surface area contributed by atoms with E-state index >= 15 is 0 Å². The van der Waals surface area contributed by atoms with E-state index in [1.807, 2.05) is 0 Å². The molecule has 0 aromatic carbocycles. The summed E-state index contributed by atoms with van der Waals surface area (Å²) in [5.41, 5.74) is 0. The van der Waals surface area contributed by atoms with Crippen molar-refractivity contribution in [1.82, 2.24) is 10.2 Å². The lowest BCUT2D eigenvalue weighted by Gasteiger charge is -2.09. The molecule has 1 aliphatic carbocycles. The quantitative estimate of drug-likeness (QED) is 0.852. The van der Waals surface area contributed by atoms with Crippen LogP contribution < -0.4 is 0 Å². The van der Waals surface area contributed by atoms with Gasteiger partial charge in [-0.15, -0.1) is 10.2 Å². The highest BCUT2D eigenvalue weighted by atomic mass is 16.4. The number of aliphatic carboxylic acids is 1. The number of hydrogen-bond donors (Lipinski definition) is 1.